The van der Waals surface area contributed by atoms with Crippen molar-refractivity contribution in [1.82, 2.24) is 5.06 Å². The van der Waals surface area contributed by atoms with E-state index in [1.165, 1.54) is 7.05 Å². The Hall–Kier alpha value is -1.74. The van der Waals surface area contributed by atoms with E-state index in [1.807, 2.05) is 0 Å². The number of halogens is 5. The molecule has 0 saturated heterocycles. The zero-order valence-corrected chi connectivity index (χ0v) is 12.5. The monoisotopic (exact) mass is 340 g/mol. The minimum Gasteiger partial charge on any atom is -0.785 e. The number of benzene rings is 1. The number of esters is 1. The summed E-state index contributed by atoms with van der Waals surface area (Å²) in [6.07, 6.45) is 0.422. The van der Waals surface area contributed by atoms with Gasteiger partial charge in [0.25, 0.3) is 0 Å². The van der Waals surface area contributed by atoms with Crippen molar-refractivity contribution in [3.63, 3.8) is 0 Å². The number of hydrogen-bond acceptors (Lipinski definition) is 4. The van der Waals surface area contributed by atoms with Crippen LogP contribution in [-0.2, 0) is 4.79 Å². The van der Waals surface area contributed by atoms with Gasteiger partial charge in [-0.2, -0.15) is 8.78 Å². The van der Waals surface area contributed by atoms with Gasteiger partial charge in [0.2, 0.25) is 34.8 Å². The zero-order valence-electron chi connectivity index (χ0n) is 12.5. The molecule has 0 radical (unpaired) electrons. The maximum Gasteiger partial charge on any atom is 0.311 e. The lowest BCUT2D eigenvalue weighted by Gasteiger charge is -2.27. The minimum atomic E-state index is -2.33. The van der Waals surface area contributed by atoms with Gasteiger partial charge >= 0.3 is 5.97 Å². The number of rotatable bonds is 7. The molecule has 0 aromatic heterocycles. The summed E-state index contributed by atoms with van der Waals surface area (Å²) >= 11 is 0. The molecule has 1 unspecified atom stereocenters. The Bertz CT molecular complexity index is 551. The van der Waals surface area contributed by atoms with E-state index >= 15 is 0 Å². The molecule has 0 aliphatic rings. The number of nitrogens with zero attached hydrogens (tertiary/aromatic N) is 1. The second-order valence-corrected chi connectivity index (χ2v) is 5.00. The highest BCUT2D eigenvalue weighted by Crippen LogP contribution is 2.29. The van der Waals surface area contributed by atoms with Crippen LogP contribution in [0, 0.1) is 40.2 Å². The number of hydroxylamine groups is 2. The van der Waals surface area contributed by atoms with Gasteiger partial charge in [0.05, 0.1) is 0 Å². The molecule has 0 heterocycles. The maximum absolute atomic E-state index is 13.4. The van der Waals surface area contributed by atoms with Crippen molar-refractivity contribution in [2.24, 2.45) is 5.92 Å². The summed E-state index contributed by atoms with van der Waals surface area (Å²) in [5.41, 5.74) is 0. The Morgan fingerprint density at radius 1 is 1.09 bits per heavy atom. The van der Waals surface area contributed by atoms with E-state index in [2.05, 4.69) is 4.74 Å². The van der Waals surface area contributed by atoms with Crippen LogP contribution in [0.2, 0.25) is 0 Å². The minimum absolute atomic E-state index is 0.145. The largest absolute Gasteiger partial charge is 0.785 e. The Morgan fingerprint density at radius 2 is 1.57 bits per heavy atom. The van der Waals surface area contributed by atoms with Gasteiger partial charge in [-0.3, -0.25) is 4.79 Å². The van der Waals surface area contributed by atoms with Crippen LogP contribution in [0.15, 0.2) is 0 Å². The highest BCUT2D eigenvalue weighted by Gasteiger charge is 2.28. The Kier molecular flexibility index (Phi) is 6.89. The lowest BCUT2D eigenvalue weighted by molar-refractivity contribution is -0.135. The van der Waals surface area contributed by atoms with E-state index in [0.29, 0.717) is 11.5 Å². The number of ether oxygens (including phenoxy) is 1. The molecule has 0 aliphatic carbocycles. The van der Waals surface area contributed by atoms with Crippen LogP contribution < -0.4 is 4.74 Å². The molecule has 0 N–H and O–H groups in total. The van der Waals surface area contributed by atoms with Crippen LogP contribution >= 0.6 is 0 Å². The number of carbonyl (C=O) groups is 1. The van der Waals surface area contributed by atoms with Gasteiger partial charge < -0.3 is 15.0 Å². The Balaban J connectivity index is 2.79. The molecule has 1 aromatic rings. The first kappa shape index (κ1) is 19.3. The second-order valence-electron chi connectivity index (χ2n) is 5.00. The molecule has 23 heavy (non-hydrogen) atoms. The van der Waals surface area contributed by atoms with E-state index in [-0.39, 0.29) is 25.3 Å². The smallest absolute Gasteiger partial charge is 0.311 e. The highest BCUT2D eigenvalue weighted by atomic mass is 19.2. The predicted octanol–water partition coefficient (Wildman–Crippen LogP) is 3.52. The first-order valence-corrected chi connectivity index (χ1v) is 6.79. The average Bonchev–Trinajstić information content (AvgIpc) is 2.51. The van der Waals surface area contributed by atoms with Crippen LogP contribution in [-0.4, -0.2) is 24.6 Å². The third kappa shape index (κ3) is 4.87. The van der Waals surface area contributed by atoms with Crippen molar-refractivity contribution in [1.29, 1.82) is 0 Å². The fraction of sp³-hybridized carbons (Fsp3) is 0.500. The zero-order chi connectivity index (χ0) is 17.7. The lowest BCUT2D eigenvalue weighted by atomic mass is 10.0. The van der Waals surface area contributed by atoms with Gasteiger partial charge in [-0.05, 0) is 25.9 Å². The van der Waals surface area contributed by atoms with E-state index in [9.17, 15) is 32.0 Å². The lowest BCUT2D eigenvalue weighted by Crippen LogP contribution is -2.21. The molecule has 0 amide bonds. The summed E-state index contributed by atoms with van der Waals surface area (Å²) in [5.74, 6) is -14.1. The van der Waals surface area contributed by atoms with Gasteiger partial charge in [0, 0.05) is 6.42 Å². The highest BCUT2D eigenvalue weighted by molar-refractivity contribution is 5.72. The third-order valence-electron chi connectivity index (χ3n) is 3.23. The molecule has 0 saturated carbocycles. The third-order valence-corrected chi connectivity index (χ3v) is 3.23. The van der Waals surface area contributed by atoms with Crippen molar-refractivity contribution in [2.45, 2.75) is 26.2 Å². The Morgan fingerprint density at radius 3 is 2.00 bits per heavy atom. The second kappa shape index (κ2) is 8.21. The molecular weight excluding hydrogens is 325 g/mol. The van der Waals surface area contributed by atoms with E-state index in [1.54, 1.807) is 6.92 Å². The van der Waals surface area contributed by atoms with E-state index < -0.39 is 40.8 Å². The summed E-state index contributed by atoms with van der Waals surface area (Å²) in [5, 5.41) is 11.6. The van der Waals surface area contributed by atoms with Crippen molar-refractivity contribution in [2.75, 3.05) is 13.6 Å². The van der Waals surface area contributed by atoms with Gasteiger partial charge in [0.1, 0.15) is 0 Å². The summed E-state index contributed by atoms with van der Waals surface area (Å²) < 4.78 is 69.8. The summed E-state index contributed by atoms with van der Waals surface area (Å²) in [7, 11) is 1.30. The summed E-state index contributed by atoms with van der Waals surface area (Å²) in [6, 6.07) is 0. The molecule has 0 fully saturated rings. The van der Waals surface area contributed by atoms with Crippen molar-refractivity contribution < 1.29 is 31.5 Å². The van der Waals surface area contributed by atoms with Crippen molar-refractivity contribution >= 4 is 5.97 Å². The molecule has 1 aromatic carbocycles. The normalized spacial score (nSPS) is 12.6. The topological polar surface area (TPSA) is 52.6 Å². The van der Waals surface area contributed by atoms with Crippen molar-refractivity contribution in [3.8, 4) is 5.75 Å². The number of hydrogen-bond donors (Lipinski definition) is 0. The summed E-state index contributed by atoms with van der Waals surface area (Å²) in [4.78, 5) is 11.5. The average molecular weight is 340 g/mol. The van der Waals surface area contributed by atoms with Crippen LogP contribution in [0.5, 0.6) is 5.75 Å². The standard InChI is InChI=1S/C14H15F5NO3/c1-3-7(6-20(2)22)4-5-8(21)23-14-12(18)10(16)9(15)11(17)13(14)19/h7H,3-6H2,1-2H3/q-1. The van der Waals surface area contributed by atoms with Crippen molar-refractivity contribution in [3.05, 3.63) is 34.3 Å². The molecule has 0 aliphatic heterocycles. The quantitative estimate of drug-likeness (QED) is 0.190. The van der Waals surface area contributed by atoms with Gasteiger partial charge in [-0.25, -0.2) is 13.2 Å². The maximum atomic E-state index is 13.4. The van der Waals surface area contributed by atoms with Gasteiger partial charge in [-0.15, -0.1) is 0 Å². The van der Waals surface area contributed by atoms with Crippen LogP contribution in [0.3, 0.4) is 0 Å². The first-order valence-electron chi connectivity index (χ1n) is 6.79. The molecule has 130 valence electrons. The fourth-order valence-corrected chi connectivity index (χ4v) is 1.95. The predicted molar refractivity (Wildman–Crippen MR) is 70.9 cm³/mol. The van der Waals surface area contributed by atoms with E-state index in [0.717, 1.165) is 0 Å². The summed E-state index contributed by atoms with van der Waals surface area (Å²) in [6.45, 7) is 1.93. The van der Waals surface area contributed by atoms with E-state index in [4.69, 9.17) is 0 Å². The first-order chi connectivity index (χ1) is 10.7. The number of carbonyl (C=O) groups excluding carboxylic acids is 1. The molecule has 0 spiro atoms. The molecule has 9 heteroatoms. The molecule has 0 bridgehead atoms. The molecular formula is C14H15F5NO3-. The van der Waals surface area contributed by atoms with Crippen LogP contribution in [0.1, 0.15) is 26.2 Å². The SMILES string of the molecule is CCC(CCC(=O)Oc1c(F)c(F)c(F)c(F)c1F)CN(C)[O-]. The molecule has 1 atom stereocenters. The molecule has 1 rings (SSSR count). The van der Waals surface area contributed by atoms with Gasteiger partial charge in [-0.1, -0.05) is 13.3 Å². The Labute approximate surface area is 129 Å². The van der Waals surface area contributed by atoms with Gasteiger partial charge in [0.15, 0.2) is 0 Å². The van der Waals surface area contributed by atoms with Crippen LogP contribution in [0.25, 0.3) is 0 Å². The molecule has 4 nitrogen and oxygen atoms in total. The van der Waals surface area contributed by atoms with Crippen LogP contribution in [0.4, 0.5) is 22.0 Å². The fourth-order valence-electron chi connectivity index (χ4n) is 1.95.